The highest BCUT2D eigenvalue weighted by Gasteiger charge is 2.22. The number of isothiocyanates is 1. The van der Waals surface area contributed by atoms with Gasteiger partial charge in [0.1, 0.15) is 17.9 Å². The van der Waals surface area contributed by atoms with Crippen molar-refractivity contribution in [3.63, 3.8) is 0 Å². The smallest absolute Gasteiger partial charge is 0.413 e. The van der Waals surface area contributed by atoms with Crippen molar-refractivity contribution < 1.29 is 23.9 Å². The van der Waals surface area contributed by atoms with Crippen LogP contribution in [0, 0.1) is 0 Å². The standard InChI is InChI=1S/C13H15N3O5S2/c1-13(2,3)21-12(19)16-11-15-8(6-23-11)9(17)10(18)20-5-4-14-7-22/h6H,4-5H2,1-3H3,(H,15,16,19). The van der Waals surface area contributed by atoms with Gasteiger partial charge in [-0.25, -0.2) is 19.6 Å². The van der Waals surface area contributed by atoms with Gasteiger partial charge in [-0.2, -0.15) is 0 Å². The number of ether oxygens (including phenoxy) is 2. The molecule has 0 aliphatic carbocycles. The SMILES string of the molecule is CC(C)(C)OC(=O)Nc1nc(C(=O)C(=O)OCCN=C=S)cs1. The van der Waals surface area contributed by atoms with E-state index < -0.39 is 23.4 Å². The van der Waals surface area contributed by atoms with Crippen LogP contribution in [-0.2, 0) is 14.3 Å². The Kier molecular flexibility index (Phi) is 6.95. The van der Waals surface area contributed by atoms with Gasteiger partial charge in [-0.15, -0.1) is 11.3 Å². The van der Waals surface area contributed by atoms with Gasteiger partial charge in [-0.05, 0) is 33.0 Å². The average molecular weight is 357 g/mol. The molecule has 0 radical (unpaired) electrons. The van der Waals surface area contributed by atoms with Crippen molar-refractivity contribution in [2.75, 3.05) is 18.5 Å². The van der Waals surface area contributed by atoms with Gasteiger partial charge in [0, 0.05) is 5.38 Å². The summed E-state index contributed by atoms with van der Waals surface area (Å²) in [4.78, 5) is 42.3. The summed E-state index contributed by atoms with van der Waals surface area (Å²) in [5.41, 5.74) is -0.779. The Balaban J connectivity index is 2.58. The zero-order valence-corrected chi connectivity index (χ0v) is 14.4. The van der Waals surface area contributed by atoms with E-state index in [1.54, 1.807) is 20.8 Å². The second-order valence-corrected chi connectivity index (χ2v) is 6.14. The van der Waals surface area contributed by atoms with Crippen LogP contribution in [0.3, 0.4) is 0 Å². The number of hydrogen-bond donors (Lipinski definition) is 1. The zero-order chi connectivity index (χ0) is 17.5. The molecule has 0 bridgehead atoms. The van der Waals surface area contributed by atoms with Crippen molar-refractivity contribution in [1.82, 2.24) is 4.98 Å². The molecule has 0 aliphatic heterocycles. The molecular weight excluding hydrogens is 342 g/mol. The molecule has 0 spiro atoms. The van der Waals surface area contributed by atoms with Gasteiger partial charge in [0.2, 0.25) is 0 Å². The number of aliphatic imine (C=N–C) groups is 1. The summed E-state index contributed by atoms with van der Waals surface area (Å²) in [6, 6.07) is 0. The van der Waals surface area contributed by atoms with Crippen LogP contribution in [0.1, 0.15) is 31.3 Å². The van der Waals surface area contributed by atoms with Crippen LogP contribution in [0.2, 0.25) is 0 Å². The lowest BCUT2D eigenvalue weighted by molar-refractivity contribution is -0.137. The van der Waals surface area contributed by atoms with Crippen molar-refractivity contribution in [3.05, 3.63) is 11.1 Å². The van der Waals surface area contributed by atoms with Crippen LogP contribution >= 0.6 is 23.6 Å². The van der Waals surface area contributed by atoms with Gasteiger partial charge < -0.3 is 9.47 Å². The van der Waals surface area contributed by atoms with E-state index >= 15 is 0 Å². The number of carbonyl (C=O) groups excluding carboxylic acids is 3. The van der Waals surface area contributed by atoms with E-state index in [9.17, 15) is 14.4 Å². The van der Waals surface area contributed by atoms with Crippen molar-refractivity contribution in [1.29, 1.82) is 0 Å². The number of amides is 1. The summed E-state index contributed by atoms with van der Waals surface area (Å²) >= 11 is 5.34. The first-order valence-corrected chi connectivity index (χ1v) is 7.72. The first-order valence-electron chi connectivity index (χ1n) is 6.43. The molecule has 10 heteroatoms. The number of nitrogens with zero attached hydrogens (tertiary/aromatic N) is 2. The minimum Gasteiger partial charge on any atom is -0.458 e. The van der Waals surface area contributed by atoms with Gasteiger partial charge >= 0.3 is 12.1 Å². The fourth-order valence-electron chi connectivity index (χ4n) is 1.23. The molecule has 0 fully saturated rings. The maximum Gasteiger partial charge on any atom is 0.413 e. The van der Waals surface area contributed by atoms with Crippen molar-refractivity contribution >= 4 is 51.7 Å². The molecule has 1 aromatic heterocycles. The highest BCUT2D eigenvalue weighted by molar-refractivity contribution is 7.78. The molecule has 0 aliphatic rings. The molecule has 1 heterocycles. The fraction of sp³-hybridized carbons (Fsp3) is 0.462. The molecular formula is C13H15N3O5S2. The van der Waals surface area contributed by atoms with E-state index in [0.717, 1.165) is 11.3 Å². The van der Waals surface area contributed by atoms with Gasteiger partial charge in [-0.3, -0.25) is 10.1 Å². The van der Waals surface area contributed by atoms with Gasteiger partial charge in [0.15, 0.2) is 5.13 Å². The minimum atomic E-state index is -1.06. The normalized spacial score (nSPS) is 10.4. The predicted molar refractivity (Wildman–Crippen MR) is 87.2 cm³/mol. The van der Waals surface area contributed by atoms with Crippen LogP contribution in [0.4, 0.5) is 9.93 Å². The number of aromatic nitrogens is 1. The molecule has 1 rings (SSSR count). The Morgan fingerprint density at radius 1 is 1.43 bits per heavy atom. The van der Waals surface area contributed by atoms with E-state index in [1.165, 1.54) is 5.38 Å². The van der Waals surface area contributed by atoms with Gasteiger partial charge in [0.25, 0.3) is 5.78 Å². The Hall–Kier alpha value is -2.16. The molecule has 0 aromatic carbocycles. The molecule has 0 saturated heterocycles. The van der Waals surface area contributed by atoms with Crippen LogP contribution in [0.15, 0.2) is 10.4 Å². The van der Waals surface area contributed by atoms with Crippen LogP contribution in [-0.4, -0.2) is 46.7 Å². The molecule has 8 nitrogen and oxygen atoms in total. The molecule has 124 valence electrons. The Morgan fingerprint density at radius 2 is 2.13 bits per heavy atom. The highest BCUT2D eigenvalue weighted by Crippen LogP contribution is 2.17. The second-order valence-electron chi connectivity index (χ2n) is 5.10. The number of rotatable bonds is 6. The Bertz CT molecular complexity index is 644. The fourth-order valence-corrected chi connectivity index (χ4v) is 1.99. The summed E-state index contributed by atoms with van der Waals surface area (Å²) in [7, 11) is 0. The maximum atomic E-state index is 11.8. The topological polar surface area (TPSA) is 107 Å². The van der Waals surface area contributed by atoms with Crippen LogP contribution in [0.5, 0.6) is 0 Å². The number of carbonyl (C=O) groups is 3. The summed E-state index contributed by atoms with van der Waals surface area (Å²) in [6.45, 7) is 5.19. The predicted octanol–water partition coefficient (Wildman–Crippen LogP) is 2.32. The molecule has 1 aromatic rings. The minimum absolute atomic E-state index is 0.0820. The molecule has 0 atom stereocenters. The lowest BCUT2D eigenvalue weighted by atomic mass is 10.2. The van der Waals surface area contributed by atoms with Crippen LogP contribution in [0.25, 0.3) is 0 Å². The third kappa shape index (κ3) is 7.09. The number of nitrogens with one attached hydrogen (secondary N) is 1. The monoisotopic (exact) mass is 357 g/mol. The summed E-state index contributed by atoms with van der Waals surface area (Å²) in [5, 5.41) is 5.97. The van der Waals surface area contributed by atoms with E-state index in [-0.39, 0.29) is 24.0 Å². The van der Waals surface area contributed by atoms with E-state index in [2.05, 4.69) is 32.7 Å². The number of thiocarbonyl (C=S) groups is 1. The number of anilines is 1. The second kappa shape index (κ2) is 8.47. The van der Waals surface area contributed by atoms with Crippen molar-refractivity contribution in [2.24, 2.45) is 4.99 Å². The largest absolute Gasteiger partial charge is 0.458 e. The number of thiazole rings is 1. The Labute approximate surface area is 141 Å². The van der Waals surface area contributed by atoms with Gasteiger partial charge in [-0.1, -0.05) is 0 Å². The highest BCUT2D eigenvalue weighted by atomic mass is 32.1. The quantitative estimate of drug-likeness (QED) is 0.208. The van der Waals surface area contributed by atoms with E-state index in [0.29, 0.717) is 0 Å². The van der Waals surface area contributed by atoms with Crippen molar-refractivity contribution in [2.45, 2.75) is 26.4 Å². The molecule has 1 N–H and O–H groups in total. The lowest BCUT2D eigenvalue weighted by Crippen LogP contribution is -2.27. The zero-order valence-electron chi connectivity index (χ0n) is 12.7. The lowest BCUT2D eigenvalue weighted by Gasteiger charge is -2.18. The number of hydrogen-bond acceptors (Lipinski definition) is 9. The van der Waals surface area contributed by atoms with Gasteiger partial charge in [0.05, 0.1) is 11.7 Å². The number of esters is 1. The van der Waals surface area contributed by atoms with E-state index in [1.807, 2.05) is 0 Å². The summed E-state index contributed by atoms with van der Waals surface area (Å²) in [6.07, 6.45) is -0.702. The van der Waals surface area contributed by atoms with Crippen molar-refractivity contribution in [3.8, 4) is 0 Å². The number of Topliss-reactive ketones (excluding diaryl/α,β-unsaturated/α-hetero) is 1. The first kappa shape index (κ1) is 18.9. The third-order valence-corrected chi connectivity index (χ3v) is 2.92. The Morgan fingerprint density at radius 3 is 2.74 bits per heavy atom. The maximum absolute atomic E-state index is 11.8. The molecule has 0 unspecified atom stereocenters. The first-order chi connectivity index (χ1) is 10.7. The molecule has 23 heavy (non-hydrogen) atoms. The number of ketones is 1. The van der Waals surface area contributed by atoms with E-state index in [4.69, 9.17) is 9.47 Å². The molecule has 1 amide bonds. The average Bonchev–Trinajstić information content (AvgIpc) is 2.88. The summed E-state index contributed by atoms with van der Waals surface area (Å²) < 4.78 is 9.75. The van der Waals surface area contributed by atoms with Crippen LogP contribution < -0.4 is 5.32 Å². The third-order valence-electron chi connectivity index (χ3n) is 2.03. The summed E-state index contributed by atoms with van der Waals surface area (Å²) in [5.74, 6) is -1.97. The molecule has 0 saturated carbocycles.